The lowest BCUT2D eigenvalue weighted by molar-refractivity contribution is 0.0929. The number of rotatable bonds is 4. The smallest absolute Gasteiger partial charge is 0.307 e. The normalized spacial score (nSPS) is 11.4. The zero-order valence-corrected chi connectivity index (χ0v) is 17.9. The zero-order valence-electron chi connectivity index (χ0n) is 14.2. The number of aromatic nitrogens is 1. The molecule has 0 spiro atoms. The minimum absolute atomic E-state index is 0.160. The summed E-state index contributed by atoms with van der Waals surface area (Å²) in [5.41, 5.74) is 4.11. The number of fused-ring (bicyclic) bond motifs is 1. The van der Waals surface area contributed by atoms with Gasteiger partial charge in [0, 0.05) is 16.1 Å². The predicted octanol–water partition coefficient (Wildman–Crippen LogP) is 5.49. The van der Waals surface area contributed by atoms with Crippen LogP contribution in [-0.2, 0) is 0 Å². The van der Waals surface area contributed by atoms with Gasteiger partial charge in [-0.15, -0.1) is 0 Å². The van der Waals surface area contributed by atoms with Crippen LogP contribution in [0.15, 0.2) is 74.8 Å². The third kappa shape index (κ3) is 3.74. The fourth-order valence-corrected chi connectivity index (χ4v) is 4.43. The van der Waals surface area contributed by atoms with Crippen molar-refractivity contribution in [3.8, 4) is 5.69 Å². The Labute approximate surface area is 181 Å². The second kappa shape index (κ2) is 7.88. The molecule has 140 valence electrons. The summed E-state index contributed by atoms with van der Waals surface area (Å²) < 4.78 is 23.1. The number of nitrogens with one attached hydrogen (secondary N) is 1. The molecule has 0 aliphatic carbocycles. The quantitative estimate of drug-likeness (QED) is 0.207. The van der Waals surface area contributed by atoms with Crippen LogP contribution in [0.2, 0.25) is 0 Å². The number of carbonyl (C=O) groups excluding carboxylic acids is 1. The van der Waals surface area contributed by atoms with Crippen molar-refractivity contribution in [3.63, 3.8) is 0 Å². The maximum absolute atomic E-state index is 14.0. The van der Waals surface area contributed by atoms with E-state index >= 15 is 0 Å². The van der Waals surface area contributed by atoms with Gasteiger partial charge in [0.15, 0.2) is 5.76 Å². The molecule has 2 aromatic heterocycles. The molecule has 0 aliphatic heterocycles. The fraction of sp³-hybridized carbons (Fsp3) is 0. The van der Waals surface area contributed by atoms with Gasteiger partial charge in [0.2, 0.25) is 0 Å². The molecule has 0 atom stereocenters. The fourth-order valence-electron chi connectivity index (χ4n) is 2.77. The molecule has 5 nitrogen and oxygen atoms in total. The van der Waals surface area contributed by atoms with Crippen molar-refractivity contribution >= 4 is 61.6 Å². The van der Waals surface area contributed by atoms with Crippen molar-refractivity contribution in [2.45, 2.75) is 0 Å². The molecule has 0 saturated carbocycles. The Morgan fingerprint density at radius 2 is 2.04 bits per heavy atom. The molecule has 0 unspecified atom stereocenters. The van der Waals surface area contributed by atoms with Crippen LogP contribution in [-0.4, -0.2) is 16.7 Å². The van der Waals surface area contributed by atoms with Crippen LogP contribution >= 0.6 is 38.5 Å². The highest BCUT2D eigenvalue weighted by Gasteiger charge is 2.14. The van der Waals surface area contributed by atoms with E-state index in [4.69, 9.17) is 4.42 Å². The number of hydrogen-bond acceptors (Lipinski definition) is 3. The van der Waals surface area contributed by atoms with Crippen LogP contribution in [0.1, 0.15) is 16.2 Å². The Balaban J connectivity index is 1.53. The number of carbonyl (C=O) groups is 1. The van der Waals surface area contributed by atoms with Crippen LogP contribution < -0.4 is 5.43 Å². The van der Waals surface area contributed by atoms with E-state index in [-0.39, 0.29) is 11.6 Å². The Morgan fingerprint density at radius 3 is 2.86 bits per heavy atom. The highest BCUT2D eigenvalue weighted by molar-refractivity contribution is 14.1. The molecule has 1 N–H and O–H groups in total. The van der Waals surface area contributed by atoms with Gasteiger partial charge in [0.05, 0.1) is 21.2 Å². The van der Waals surface area contributed by atoms with Gasteiger partial charge < -0.3 is 8.98 Å². The summed E-state index contributed by atoms with van der Waals surface area (Å²) in [5.74, 6) is -0.656. The van der Waals surface area contributed by atoms with E-state index in [9.17, 15) is 9.18 Å². The van der Waals surface area contributed by atoms with Crippen molar-refractivity contribution < 1.29 is 13.6 Å². The van der Waals surface area contributed by atoms with E-state index in [0.29, 0.717) is 17.0 Å². The van der Waals surface area contributed by atoms with Gasteiger partial charge in [-0.2, -0.15) is 5.10 Å². The van der Waals surface area contributed by atoms with Crippen LogP contribution in [0.3, 0.4) is 0 Å². The maximum atomic E-state index is 14.0. The van der Waals surface area contributed by atoms with E-state index < -0.39 is 5.91 Å². The molecule has 0 fully saturated rings. The van der Waals surface area contributed by atoms with Crippen LogP contribution in [0.25, 0.3) is 16.7 Å². The van der Waals surface area contributed by atoms with E-state index in [1.54, 1.807) is 47.2 Å². The highest BCUT2D eigenvalue weighted by Crippen LogP contribution is 2.28. The molecule has 4 rings (SSSR count). The summed E-state index contributed by atoms with van der Waals surface area (Å²) >= 11 is 5.57. The van der Waals surface area contributed by atoms with Crippen LogP contribution in [0, 0.1) is 9.39 Å². The van der Waals surface area contributed by atoms with Crippen LogP contribution in [0.4, 0.5) is 4.39 Å². The number of amides is 1. The standard InChI is InChI=1S/C20H12BrFIN3O2/c21-13-8-12-9-18(28-19(12)16(23)10-13)20(27)25-24-11-14-4-3-7-26(14)17-6-2-1-5-15(17)22/h1-11H,(H,25,27)/b24-11-. The maximum Gasteiger partial charge on any atom is 0.307 e. The van der Waals surface area contributed by atoms with Gasteiger partial charge in [-0.1, -0.05) is 28.1 Å². The molecule has 0 aliphatic rings. The molecule has 4 aromatic rings. The van der Waals surface area contributed by atoms with Crippen molar-refractivity contribution in [3.05, 3.63) is 86.1 Å². The highest BCUT2D eigenvalue weighted by atomic mass is 127. The Morgan fingerprint density at radius 1 is 1.21 bits per heavy atom. The van der Waals surface area contributed by atoms with Gasteiger partial charge in [-0.05, 0) is 65.1 Å². The first-order valence-corrected chi connectivity index (χ1v) is 10.0. The molecule has 8 heteroatoms. The van der Waals surface area contributed by atoms with Crippen LogP contribution in [0.5, 0.6) is 0 Å². The predicted molar refractivity (Wildman–Crippen MR) is 117 cm³/mol. The molecule has 2 aromatic carbocycles. The van der Waals surface area contributed by atoms with Crippen molar-refractivity contribution in [2.24, 2.45) is 5.10 Å². The number of halogens is 3. The largest absolute Gasteiger partial charge is 0.450 e. The lowest BCUT2D eigenvalue weighted by Crippen LogP contribution is -2.17. The third-order valence-corrected chi connectivity index (χ3v) is 5.27. The summed E-state index contributed by atoms with van der Waals surface area (Å²) in [6.45, 7) is 0. The minimum atomic E-state index is -0.469. The van der Waals surface area contributed by atoms with Crippen molar-refractivity contribution in [2.75, 3.05) is 0 Å². The van der Waals surface area contributed by atoms with Gasteiger partial charge in [-0.3, -0.25) is 4.79 Å². The first-order valence-electron chi connectivity index (χ1n) is 8.17. The molecule has 1 amide bonds. The number of para-hydroxylation sites is 1. The van der Waals surface area contributed by atoms with E-state index in [0.717, 1.165) is 13.4 Å². The molecule has 28 heavy (non-hydrogen) atoms. The summed E-state index contributed by atoms with van der Waals surface area (Å²) in [5, 5.41) is 4.80. The number of nitrogens with zero attached hydrogens (tertiary/aromatic N) is 2. The molecular formula is C20H12BrFIN3O2. The summed E-state index contributed by atoms with van der Waals surface area (Å²) in [6.07, 6.45) is 3.17. The Bertz CT molecular complexity index is 1220. The first kappa shape index (κ1) is 18.9. The van der Waals surface area contributed by atoms with E-state index in [1.165, 1.54) is 12.3 Å². The average Bonchev–Trinajstić information content (AvgIpc) is 3.29. The third-order valence-electron chi connectivity index (χ3n) is 4.01. The summed E-state index contributed by atoms with van der Waals surface area (Å²) in [4.78, 5) is 12.3. The number of hydrazone groups is 1. The molecule has 0 bridgehead atoms. The van der Waals surface area contributed by atoms with Gasteiger partial charge in [0.1, 0.15) is 11.4 Å². The summed E-state index contributed by atoms with van der Waals surface area (Å²) in [7, 11) is 0. The summed E-state index contributed by atoms with van der Waals surface area (Å²) in [6, 6.07) is 15.4. The van der Waals surface area contributed by atoms with Gasteiger partial charge in [-0.25, -0.2) is 9.82 Å². The van der Waals surface area contributed by atoms with E-state index in [2.05, 4.69) is 49.0 Å². The minimum Gasteiger partial charge on any atom is -0.450 e. The Hall–Kier alpha value is -2.46. The van der Waals surface area contributed by atoms with Gasteiger partial charge >= 0.3 is 5.91 Å². The molecular weight excluding hydrogens is 540 g/mol. The number of benzene rings is 2. The van der Waals surface area contributed by atoms with Crippen molar-refractivity contribution in [1.29, 1.82) is 0 Å². The number of hydrogen-bond donors (Lipinski definition) is 1. The monoisotopic (exact) mass is 551 g/mol. The molecule has 2 heterocycles. The van der Waals surface area contributed by atoms with Crippen molar-refractivity contribution in [1.82, 2.24) is 9.99 Å². The lowest BCUT2D eigenvalue weighted by Gasteiger charge is -2.07. The topological polar surface area (TPSA) is 59.5 Å². The number of furan rings is 1. The zero-order chi connectivity index (χ0) is 19.7. The Kier molecular flexibility index (Phi) is 5.31. The molecule has 0 radical (unpaired) electrons. The lowest BCUT2D eigenvalue weighted by atomic mass is 10.2. The SMILES string of the molecule is O=C(N/N=C\c1cccn1-c1ccccc1F)c1cc2cc(Br)cc(I)c2o1. The molecule has 0 saturated heterocycles. The second-order valence-electron chi connectivity index (χ2n) is 5.87. The van der Waals surface area contributed by atoms with Gasteiger partial charge in [0.25, 0.3) is 0 Å². The van der Waals surface area contributed by atoms with E-state index in [1.807, 2.05) is 12.1 Å². The second-order valence-corrected chi connectivity index (χ2v) is 7.95. The average molecular weight is 552 g/mol. The first-order chi connectivity index (χ1) is 13.5.